The van der Waals surface area contributed by atoms with Gasteiger partial charge in [-0.2, -0.15) is 0 Å². The summed E-state index contributed by atoms with van der Waals surface area (Å²) in [6, 6.07) is 0.315. The van der Waals surface area contributed by atoms with Crippen molar-refractivity contribution in [2.45, 2.75) is 39.7 Å². The van der Waals surface area contributed by atoms with Gasteiger partial charge in [-0.05, 0) is 26.8 Å². The predicted molar refractivity (Wildman–Crippen MR) is 69.2 cm³/mol. The fraction of sp³-hybridized carbons (Fsp3) is 0.692. The van der Waals surface area contributed by atoms with E-state index in [1.165, 1.54) is 0 Å². The number of rotatable bonds is 7. The van der Waals surface area contributed by atoms with E-state index in [9.17, 15) is 0 Å². The molecule has 0 aromatic carbocycles. The van der Waals surface area contributed by atoms with Crippen LogP contribution in [-0.2, 0) is 11.2 Å². The van der Waals surface area contributed by atoms with Crippen LogP contribution < -0.4 is 5.32 Å². The van der Waals surface area contributed by atoms with E-state index in [1.54, 1.807) is 7.11 Å². The number of ether oxygens (including phenoxy) is 1. The molecule has 1 N–H and O–H groups in total. The van der Waals surface area contributed by atoms with E-state index < -0.39 is 0 Å². The van der Waals surface area contributed by atoms with Gasteiger partial charge in [0.15, 0.2) is 0 Å². The summed E-state index contributed by atoms with van der Waals surface area (Å²) >= 11 is 0. The molecule has 0 aliphatic rings. The molecule has 0 aliphatic heterocycles. The Labute approximate surface area is 104 Å². The van der Waals surface area contributed by atoms with Crippen molar-refractivity contribution in [3.05, 3.63) is 23.3 Å². The van der Waals surface area contributed by atoms with Crippen LogP contribution in [0.3, 0.4) is 0 Å². The average molecular weight is 237 g/mol. The van der Waals surface area contributed by atoms with Crippen molar-refractivity contribution in [2.75, 3.05) is 20.3 Å². The summed E-state index contributed by atoms with van der Waals surface area (Å²) in [5.41, 5.74) is 3.04. The van der Waals surface area contributed by atoms with Crippen LogP contribution in [0.4, 0.5) is 0 Å². The van der Waals surface area contributed by atoms with Crippen LogP contribution in [-0.4, -0.2) is 36.3 Å². The zero-order valence-corrected chi connectivity index (χ0v) is 11.3. The van der Waals surface area contributed by atoms with Crippen molar-refractivity contribution in [2.24, 2.45) is 0 Å². The Bertz CT molecular complexity index is 341. The van der Waals surface area contributed by atoms with Crippen molar-refractivity contribution in [1.29, 1.82) is 0 Å². The van der Waals surface area contributed by atoms with E-state index in [0.29, 0.717) is 12.6 Å². The molecule has 4 nitrogen and oxygen atoms in total. The molecular formula is C13H23N3O. The Balaban J connectivity index is 2.67. The number of nitrogens with one attached hydrogen (secondary N) is 1. The fourth-order valence-corrected chi connectivity index (χ4v) is 1.75. The fourth-order valence-electron chi connectivity index (χ4n) is 1.75. The molecule has 0 amide bonds. The third kappa shape index (κ3) is 4.79. The molecule has 96 valence electrons. The van der Waals surface area contributed by atoms with Crippen LogP contribution in [0.25, 0.3) is 0 Å². The van der Waals surface area contributed by atoms with E-state index in [0.717, 1.165) is 36.5 Å². The van der Waals surface area contributed by atoms with E-state index in [1.807, 2.05) is 20.0 Å². The molecule has 1 heterocycles. The summed E-state index contributed by atoms with van der Waals surface area (Å²) in [4.78, 5) is 8.89. The summed E-state index contributed by atoms with van der Waals surface area (Å²) in [6.07, 6.45) is 3.80. The SMILES string of the molecule is CCCNC(COC)Cc1nc(C)cnc1C. The van der Waals surface area contributed by atoms with E-state index >= 15 is 0 Å². The summed E-state index contributed by atoms with van der Waals surface area (Å²) in [5.74, 6) is 0. The number of aromatic nitrogens is 2. The van der Waals surface area contributed by atoms with E-state index in [4.69, 9.17) is 4.74 Å². The molecular weight excluding hydrogens is 214 g/mol. The summed E-state index contributed by atoms with van der Waals surface area (Å²) in [6.45, 7) is 7.85. The highest BCUT2D eigenvalue weighted by Crippen LogP contribution is 2.06. The second-order valence-corrected chi connectivity index (χ2v) is 4.35. The minimum Gasteiger partial charge on any atom is -0.383 e. The molecule has 1 atom stereocenters. The lowest BCUT2D eigenvalue weighted by atomic mass is 10.1. The van der Waals surface area contributed by atoms with Crippen LogP contribution in [0, 0.1) is 13.8 Å². The molecule has 0 radical (unpaired) electrons. The molecule has 1 aromatic heterocycles. The first kappa shape index (κ1) is 14.1. The van der Waals surface area contributed by atoms with Gasteiger partial charge in [0.2, 0.25) is 0 Å². The highest BCUT2D eigenvalue weighted by atomic mass is 16.5. The zero-order valence-electron chi connectivity index (χ0n) is 11.3. The Morgan fingerprint density at radius 1 is 1.41 bits per heavy atom. The highest BCUT2D eigenvalue weighted by molar-refractivity contribution is 5.13. The molecule has 4 heteroatoms. The quantitative estimate of drug-likeness (QED) is 0.783. The van der Waals surface area contributed by atoms with Crippen molar-refractivity contribution in [3.8, 4) is 0 Å². The van der Waals surface area contributed by atoms with Crippen LogP contribution in [0.5, 0.6) is 0 Å². The standard InChI is InChI=1S/C13H23N3O/c1-5-6-14-12(9-17-4)7-13-11(3)15-8-10(2)16-13/h8,12,14H,5-7,9H2,1-4H3. The maximum atomic E-state index is 5.23. The number of aryl methyl sites for hydroxylation is 2. The van der Waals surface area contributed by atoms with Crippen LogP contribution in [0.1, 0.15) is 30.4 Å². The topological polar surface area (TPSA) is 47.0 Å². The van der Waals surface area contributed by atoms with Gasteiger partial charge < -0.3 is 10.1 Å². The Morgan fingerprint density at radius 3 is 2.82 bits per heavy atom. The maximum Gasteiger partial charge on any atom is 0.0635 e. The molecule has 0 saturated carbocycles. The molecule has 0 aliphatic carbocycles. The summed E-state index contributed by atoms with van der Waals surface area (Å²) in [7, 11) is 1.73. The third-order valence-electron chi connectivity index (χ3n) is 2.66. The lowest BCUT2D eigenvalue weighted by molar-refractivity contribution is 0.165. The third-order valence-corrected chi connectivity index (χ3v) is 2.66. The molecule has 0 spiro atoms. The normalized spacial score (nSPS) is 12.7. The van der Waals surface area contributed by atoms with Crippen molar-refractivity contribution >= 4 is 0 Å². The van der Waals surface area contributed by atoms with E-state index in [-0.39, 0.29) is 0 Å². The van der Waals surface area contributed by atoms with Gasteiger partial charge in [0.1, 0.15) is 0 Å². The van der Waals surface area contributed by atoms with Crippen LogP contribution in [0.15, 0.2) is 6.20 Å². The Kier molecular flexibility index (Phi) is 6.08. The van der Waals surface area contributed by atoms with Gasteiger partial charge in [-0.1, -0.05) is 6.92 Å². The summed E-state index contributed by atoms with van der Waals surface area (Å²) in [5, 5.41) is 3.47. The van der Waals surface area contributed by atoms with Gasteiger partial charge in [0, 0.05) is 25.8 Å². The number of hydrogen-bond donors (Lipinski definition) is 1. The molecule has 0 fully saturated rings. The predicted octanol–water partition coefficient (Wildman–Crippen LogP) is 1.65. The second-order valence-electron chi connectivity index (χ2n) is 4.35. The second kappa shape index (κ2) is 7.35. The first-order chi connectivity index (χ1) is 8.17. The summed E-state index contributed by atoms with van der Waals surface area (Å²) < 4.78 is 5.23. The molecule has 0 bridgehead atoms. The molecule has 17 heavy (non-hydrogen) atoms. The Hall–Kier alpha value is -1.00. The highest BCUT2D eigenvalue weighted by Gasteiger charge is 2.12. The smallest absolute Gasteiger partial charge is 0.0635 e. The lowest BCUT2D eigenvalue weighted by Crippen LogP contribution is -2.36. The number of nitrogens with zero attached hydrogens (tertiary/aromatic N) is 2. The van der Waals surface area contributed by atoms with E-state index in [2.05, 4.69) is 22.2 Å². The Morgan fingerprint density at radius 2 is 2.18 bits per heavy atom. The van der Waals surface area contributed by atoms with Crippen LogP contribution in [0.2, 0.25) is 0 Å². The molecule has 1 aromatic rings. The minimum atomic E-state index is 0.315. The number of hydrogen-bond acceptors (Lipinski definition) is 4. The minimum absolute atomic E-state index is 0.315. The van der Waals surface area contributed by atoms with Crippen LogP contribution >= 0.6 is 0 Å². The van der Waals surface area contributed by atoms with Gasteiger partial charge in [0.25, 0.3) is 0 Å². The van der Waals surface area contributed by atoms with Gasteiger partial charge in [-0.25, -0.2) is 0 Å². The maximum absolute atomic E-state index is 5.23. The van der Waals surface area contributed by atoms with Gasteiger partial charge in [0.05, 0.1) is 23.7 Å². The number of methoxy groups -OCH3 is 1. The average Bonchev–Trinajstić information content (AvgIpc) is 2.31. The monoisotopic (exact) mass is 237 g/mol. The molecule has 0 saturated heterocycles. The first-order valence-electron chi connectivity index (χ1n) is 6.18. The van der Waals surface area contributed by atoms with Crippen molar-refractivity contribution < 1.29 is 4.74 Å². The first-order valence-corrected chi connectivity index (χ1v) is 6.18. The van der Waals surface area contributed by atoms with Crippen molar-refractivity contribution in [3.63, 3.8) is 0 Å². The molecule has 1 unspecified atom stereocenters. The van der Waals surface area contributed by atoms with Gasteiger partial charge in [-0.15, -0.1) is 0 Å². The molecule has 1 rings (SSSR count). The van der Waals surface area contributed by atoms with Crippen molar-refractivity contribution in [1.82, 2.24) is 15.3 Å². The van der Waals surface area contributed by atoms with Gasteiger partial charge in [-0.3, -0.25) is 9.97 Å². The lowest BCUT2D eigenvalue weighted by Gasteiger charge is -2.18. The zero-order chi connectivity index (χ0) is 12.7. The van der Waals surface area contributed by atoms with Gasteiger partial charge >= 0.3 is 0 Å². The largest absolute Gasteiger partial charge is 0.383 e.